The largest absolute Gasteiger partial charge is 0.174 e. The van der Waals surface area contributed by atoms with Gasteiger partial charge in [0.05, 0.1) is 0 Å². The zero-order chi connectivity index (χ0) is 11.4. The second kappa shape index (κ2) is 5.66. The Kier molecular flexibility index (Phi) is 4.21. The number of benzene rings is 1. The molecular formula is C11H11ClN2S2. The number of hydrogen-bond donors (Lipinski definition) is 0. The summed E-state index contributed by atoms with van der Waals surface area (Å²) in [5, 5.41) is 9.91. The van der Waals surface area contributed by atoms with Gasteiger partial charge in [-0.1, -0.05) is 52.9 Å². The summed E-state index contributed by atoms with van der Waals surface area (Å²) >= 11 is 9.44. The molecule has 0 amide bonds. The zero-order valence-corrected chi connectivity index (χ0v) is 11.2. The van der Waals surface area contributed by atoms with Crippen molar-refractivity contribution in [3.8, 4) is 0 Å². The van der Waals surface area contributed by atoms with Gasteiger partial charge in [-0.2, -0.15) is 0 Å². The molecule has 0 aliphatic heterocycles. The van der Waals surface area contributed by atoms with Crippen LogP contribution in [0.4, 0.5) is 0 Å². The second-order valence-electron chi connectivity index (χ2n) is 3.28. The maximum atomic E-state index is 6.08. The maximum absolute atomic E-state index is 6.08. The first-order valence-electron chi connectivity index (χ1n) is 4.92. The van der Waals surface area contributed by atoms with Crippen molar-refractivity contribution in [3.05, 3.63) is 39.9 Å². The molecule has 0 bridgehead atoms. The molecule has 1 aromatic heterocycles. The molecule has 0 unspecified atom stereocenters. The van der Waals surface area contributed by atoms with Crippen molar-refractivity contribution in [2.75, 3.05) is 5.75 Å². The summed E-state index contributed by atoms with van der Waals surface area (Å²) in [7, 11) is 0. The SMILES string of the molecule is Cc1nnc(SCCc2ccccc2Cl)s1. The Labute approximate surface area is 108 Å². The molecule has 84 valence electrons. The molecule has 0 aliphatic rings. The molecule has 0 spiro atoms. The Morgan fingerprint density at radius 1 is 1.31 bits per heavy atom. The van der Waals surface area contributed by atoms with E-state index < -0.39 is 0 Å². The van der Waals surface area contributed by atoms with E-state index in [0.29, 0.717) is 0 Å². The van der Waals surface area contributed by atoms with Crippen molar-refractivity contribution in [3.63, 3.8) is 0 Å². The first-order chi connectivity index (χ1) is 7.75. The third-order valence-corrected chi connectivity index (χ3v) is 4.40. The van der Waals surface area contributed by atoms with Crippen molar-refractivity contribution in [1.29, 1.82) is 0 Å². The van der Waals surface area contributed by atoms with Crippen molar-refractivity contribution in [1.82, 2.24) is 10.2 Å². The average molecular weight is 271 g/mol. The molecule has 0 fully saturated rings. The number of nitrogens with zero attached hydrogens (tertiary/aromatic N) is 2. The molecule has 0 aliphatic carbocycles. The first kappa shape index (κ1) is 11.9. The van der Waals surface area contributed by atoms with Gasteiger partial charge in [-0.25, -0.2) is 0 Å². The highest BCUT2D eigenvalue weighted by atomic mass is 35.5. The van der Waals surface area contributed by atoms with Crippen LogP contribution < -0.4 is 0 Å². The van der Waals surface area contributed by atoms with Crippen LogP contribution in [0.1, 0.15) is 10.6 Å². The van der Waals surface area contributed by atoms with Crippen LogP contribution in [0.25, 0.3) is 0 Å². The van der Waals surface area contributed by atoms with Crippen LogP contribution in [0, 0.1) is 6.92 Å². The number of hydrogen-bond acceptors (Lipinski definition) is 4. The molecule has 1 heterocycles. The van der Waals surface area contributed by atoms with E-state index in [2.05, 4.69) is 16.3 Å². The summed E-state index contributed by atoms with van der Waals surface area (Å²) in [4.78, 5) is 0. The van der Waals surface area contributed by atoms with Gasteiger partial charge in [0.1, 0.15) is 5.01 Å². The molecule has 0 radical (unpaired) electrons. The summed E-state index contributed by atoms with van der Waals surface area (Å²) in [6.07, 6.45) is 0.961. The zero-order valence-electron chi connectivity index (χ0n) is 8.81. The molecule has 2 nitrogen and oxygen atoms in total. The Morgan fingerprint density at radius 2 is 2.12 bits per heavy atom. The van der Waals surface area contributed by atoms with Crippen LogP contribution in [0.3, 0.4) is 0 Å². The fraction of sp³-hybridized carbons (Fsp3) is 0.273. The topological polar surface area (TPSA) is 25.8 Å². The van der Waals surface area contributed by atoms with Gasteiger partial charge < -0.3 is 0 Å². The molecule has 2 aromatic rings. The molecule has 16 heavy (non-hydrogen) atoms. The van der Waals surface area contributed by atoms with Crippen LogP contribution in [-0.2, 0) is 6.42 Å². The second-order valence-corrected chi connectivity index (χ2v) is 6.21. The van der Waals surface area contributed by atoms with Crippen LogP contribution in [0.15, 0.2) is 28.6 Å². The smallest absolute Gasteiger partial charge is 0.143 e. The molecule has 0 saturated carbocycles. The van der Waals surface area contributed by atoms with Gasteiger partial charge >= 0.3 is 0 Å². The quantitative estimate of drug-likeness (QED) is 0.790. The van der Waals surface area contributed by atoms with E-state index in [1.807, 2.05) is 25.1 Å². The molecule has 0 saturated heterocycles. The number of rotatable bonds is 4. The summed E-state index contributed by atoms with van der Waals surface area (Å²) in [6.45, 7) is 1.97. The van der Waals surface area contributed by atoms with Crippen LogP contribution in [-0.4, -0.2) is 16.0 Å². The fourth-order valence-corrected chi connectivity index (χ4v) is 3.38. The Morgan fingerprint density at radius 3 is 2.81 bits per heavy atom. The van der Waals surface area contributed by atoms with Gasteiger partial charge in [-0.3, -0.25) is 0 Å². The minimum atomic E-state index is 0.844. The van der Waals surface area contributed by atoms with E-state index in [4.69, 9.17) is 11.6 Å². The summed E-state index contributed by atoms with van der Waals surface area (Å²) in [6, 6.07) is 7.96. The molecule has 0 atom stereocenters. The van der Waals surface area contributed by atoms with Crippen LogP contribution >= 0.6 is 34.7 Å². The molecule has 5 heteroatoms. The van der Waals surface area contributed by atoms with Gasteiger partial charge in [0.25, 0.3) is 0 Å². The predicted octanol–water partition coefficient (Wildman–Crippen LogP) is 3.83. The Balaban J connectivity index is 1.87. The molecular weight excluding hydrogens is 260 g/mol. The van der Waals surface area contributed by atoms with Crippen LogP contribution in [0.5, 0.6) is 0 Å². The van der Waals surface area contributed by atoms with E-state index in [1.165, 1.54) is 5.56 Å². The Bertz CT molecular complexity index is 471. The summed E-state index contributed by atoms with van der Waals surface area (Å²) < 4.78 is 1.03. The normalized spacial score (nSPS) is 10.6. The highest BCUT2D eigenvalue weighted by Crippen LogP contribution is 2.24. The van der Waals surface area contributed by atoms with E-state index in [0.717, 1.165) is 26.5 Å². The lowest BCUT2D eigenvalue weighted by atomic mass is 10.2. The molecule has 2 rings (SSSR count). The van der Waals surface area contributed by atoms with Gasteiger partial charge in [0.15, 0.2) is 4.34 Å². The summed E-state index contributed by atoms with van der Waals surface area (Å²) in [5.74, 6) is 0.984. The lowest BCUT2D eigenvalue weighted by Gasteiger charge is -2.01. The lowest BCUT2D eigenvalue weighted by molar-refractivity contribution is 0.982. The van der Waals surface area contributed by atoms with Crippen LogP contribution in [0.2, 0.25) is 5.02 Å². The minimum absolute atomic E-state index is 0.844. The molecule has 1 aromatic carbocycles. The monoisotopic (exact) mass is 270 g/mol. The minimum Gasteiger partial charge on any atom is -0.143 e. The highest BCUT2D eigenvalue weighted by Gasteiger charge is 2.03. The van der Waals surface area contributed by atoms with Crippen molar-refractivity contribution in [2.45, 2.75) is 17.7 Å². The number of halogens is 1. The van der Waals surface area contributed by atoms with Gasteiger partial charge in [0, 0.05) is 10.8 Å². The predicted molar refractivity (Wildman–Crippen MR) is 70.5 cm³/mol. The lowest BCUT2D eigenvalue weighted by Crippen LogP contribution is -1.89. The highest BCUT2D eigenvalue weighted by molar-refractivity contribution is 8.01. The van der Waals surface area contributed by atoms with Gasteiger partial charge in [-0.05, 0) is 25.0 Å². The third-order valence-electron chi connectivity index (χ3n) is 2.06. The Hall–Kier alpha value is -0.580. The average Bonchev–Trinajstić information content (AvgIpc) is 2.67. The number of aromatic nitrogens is 2. The number of aryl methyl sites for hydroxylation is 2. The first-order valence-corrected chi connectivity index (χ1v) is 7.10. The molecule has 0 N–H and O–H groups in total. The third kappa shape index (κ3) is 3.20. The van der Waals surface area contributed by atoms with E-state index >= 15 is 0 Å². The summed E-state index contributed by atoms with van der Waals surface area (Å²) in [5.41, 5.74) is 1.19. The number of thioether (sulfide) groups is 1. The van der Waals surface area contributed by atoms with E-state index in [1.54, 1.807) is 23.1 Å². The van der Waals surface area contributed by atoms with Crippen molar-refractivity contribution in [2.24, 2.45) is 0 Å². The van der Waals surface area contributed by atoms with Gasteiger partial charge in [0.2, 0.25) is 0 Å². The van der Waals surface area contributed by atoms with Gasteiger partial charge in [-0.15, -0.1) is 10.2 Å². The standard InChI is InChI=1S/C11H11ClN2S2/c1-8-13-14-11(16-8)15-7-6-9-4-2-3-5-10(9)12/h2-5H,6-7H2,1H3. The maximum Gasteiger partial charge on any atom is 0.174 e. The fourth-order valence-electron chi connectivity index (χ4n) is 1.29. The van der Waals surface area contributed by atoms with Crippen molar-refractivity contribution < 1.29 is 0 Å². The van der Waals surface area contributed by atoms with E-state index in [-0.39, 0.29) is 0 Å². The van der Waals surface area contributed by atoms with Crippen molar-refractivity contribution >= 4 is 34.7 Å². The van der Waals surface area contributed by atoms with E-state index in [9.17, 15) is 0 Å².